The summed E-state index contributed by atoms with van der Waals surface area (Å²) < 4.78 is 0. The smallest absolute Gasteiger partial charge is 0.00981 e. The summed E-state index contributed by atoms with van der Waals surface area (Å²) in [4.78, 5) is 2.84. The van der Waals surface area contributed by atoms with Gasteiger partial charge in [0.25, 0.3) is 0 Å². The zero-order valence-corrected chi connectivity index (χ0v) is 13.3. The monoisotopic (exact) mass is 266 g/mol. The maximum atomic E-state index is 3.49. The fourth-order valence-electron chi connectivity index (χ4n) is 3.94. The van der Waals surface area contributed by atoms with Gasteiger partial charge in [0, 0.05) is 18.6 Å². The fraction of sp³-hybridized carbons (Fsp3) is 1.00. The van der Waals surface area contributed by atoms with E-state index in [0.717, 1.165) is 17.9 Å². The van der Waals surface area contributed by atoms with Crippen LogP contribution in [0.15, 0.2) is 0 Å². The van der Waals surface area contributed by atoms with Crippen LogP contribution in [0.4, 0.5) is 0 Å². The quantitative estimate of drug-likeness (QED) is 0.781. The molecular formula is C17H34N2. The van der Waals surface area contributed by atoms with Gasteiger partial charge in [0.15, 0.2) is 0 Å². The van der Waals surface area contributed by atoms with Crippen LogP contribution in [-0.4, -0.2) is 36.6 Å². The highest BCUT2D eigenvalue weighted by atomic mass is 15.2. The van der Waals surface area contributed by atoms with Crippen LogP contribution < -0.4 is 5.32 Å². The minimum absolute atomic E-state index is 0.716. The summed E-state index contributed by atoms with van der Waals surface area (Å²) >= 11 is 0. The third-order valence-electron chi connectivity index (χ3n) is 5.29. The summed E-state index contributed by atoms with van der Waals surface area (Å²) in [5.74, 6) is 1.89. The van der Waals surface area contributed by atoms with Gasteiger partial charge >= 0.3 is 0 Å². The standard InChI is InChI=1S/C17H34N2/c1-14(2)19(13-16-9-11-18-12-10-16)17-6-4-5-15(3)7-8-17/h14-18H,4-13H2,1-3H3. The second-order valence-corrected chi connectivity index (χ2v) is 7.25. The summed E-state index contributed by atoms with van der Waals surface area (Å²) in [5, 5.41) is 3.49. The number of nitrogens with one attached hydrogen (secondary N) is 1. The minimum atomic E-state index is 0.716. The van der Waals surface area contributed by atoms with Crippen molar-refractivity contribution >= 4 is 0 Å². The van der Waals surface area contributed by atoms with E-state index in [9.17, 15) is 0 Å². The van der Waals surface area contributed by atoms with E-state index in [0.29, 0.717) is 6.04 Å². The predicted molar refractivity (Wildman–Crippen MR) is 83.5 cm³/mol. The van der Waals surface area contributed by atoms with Crippen LogP contribution in [-0.2, 0) is 0 Å². The first-order valence-corrected chi connectivity index (χ1v) is 8.63. The maximum absolute atomic E-state index is 3.49. The van der Waals surface area contributed by atoms with Crippen molar-refractivity contribution in [2.24, 2.45) is 11.8 Å². The van der Waals surface area contributed by atoms with Crippen molar-refractivity contribution in [3.63, 3.8) is 0 Å². The Hall–Kier alpha value is -0.0800. The molecule has 2 heteroatoms. The topological polar surface area (TPSA) is 15.3 Å². The molecule has 0 aromatic rings. The number of hydrogen-bond acceptors (Lipinski definition) is 2. The Balaban J connectivity index is 1.90. The van der Waals surface area contributed by atoms with Gasteiger partial charge in [-0.25, -0.2) is 0 Å². The molecular weight excluding hydrogens is 232 g/mol. The third-order valence-corrected chi connectivity index (χ3v) is 5.29. The first-order valence-electron chi connectivity index (χ1n) is 8.63. The number of piperidine rings is 1. The van der Waals surface area contributed by atoms with E-state index in [1.807, 2.05) is 0 Å². The second-order valence-electron chi connectivity index (χ2n) is 7.25. The largest absolute Gasteiger partial charge is 0.317 e. The van der Waals surface area contributed by atoms with Crippen molar-refractivity contribution in [2.45, 2.75) is 77.8 Å². The third kappa shape index (κ3) is 4.75. The molecule has 112 valence electrons. The molecule has 2 rings (SSSR count). The van der Waals surface area contributed by atoms with E-state index >= 15 is 0 Å². The average molecular weight is 266 g/mol. The molecule has 1 heterocycles. The van der Waals surface area contributed by atoms with Crippen LogP contribution in [0.5, 0.6) is 0 Å². The zero-order chi connectivity index (χ0) is 13.7. The lowest BCUT2D eigenvalue weighted by Gasteiger charge is -2.38. The van der Waals surface area contributed by atoms with Gasteiger partial charge in [0.1, 0.15) is 0 Å². The number of rotatable bonds is 4. The molecule has 2 unspecified atom stereocenters. The SMILES string of the molecule is CC1CCCC(N(CC2CCNCC2)C(C)C)CC1. The molecule has 0 bridgehead atoms. The van der Waals surface area contributed by atoms with Crippen LogP contribution in [0.2, 0.25) is 0 Å². The van der Waals surface area contributed by atoms with Crippen LogP contribution in [0.1, 0.15) is 65.7 Å². The van der Waals surface area contributed by atoms with Gasteiger partial charge in [-0.3, -0.25) is 4.90 Å². The molecule has 1 saturated carbocycles. The molecule has 1 N–H and O–H groups in total. The highest BCUT2D eigenvalue weighted by molar-refractivity contribution is 4.82. The van der Waals surface area contributed by atoms with E-state index < -0.39 is 0 Å². The second kappa shape index (κ2) is 7.64. The van der Waals surface area contributed by atoms with Gasteiger partial charge in [-0.15, -0.1) is 0 Å². The summed E-state index contributed by atoms with van der Waals surface area (Å²) in [6.45, 7) is 11.1. The van der Waals surface area contributed by atoms with Crippen molar-refractivity contribution in [1.29, 1.82) is 0 Å². The molecule has 0 amide bonds. The molecule has 2 aliphatic rings. The van der Waals surface area contributed by atoms with Crippen molar-refractivity contribution in [3.8, 4) is 0 Å². The summed E-state index contributed by atoms with van der Waals surface area (Å²) in [6, 6.07) is 1.58. The minimum Gasteiger partial charge on any atom is -0.317 e. The zero-order valence-electron chi connectivity index (χ0n) is 13.3. The molecule has 19 heavy (non-hydrogen) atoms. The lowest BCUT2D eigenvalue weighted by Crippen LogP contribution is -2.45. The number of nitrogens with zero attached hydrogens (tertiary/aromatic N) is 1. The lowest BCUT2D eigenvalue weighted by molar-refractivity contribution is 0.105. The Kier molecular flexibility index (Phi) is 6.15. The van der Waals surface area contributed by atoms with Crippen LogP contribution >= 0.6 is 0 Å². The van der Waals surface area contributed by atoms with Gasteiger partial charge in [0.2, 0.25) is 0 Å². The summed E-state index contributed by atoms with van der Waals surface area (Å²) in [7, 11) is 0. The Morgan fingerprint density at radius 3 is 2.42 bits per heavy atom. The molecule has 0 spiro atoms. The maximum Gasteiger partial charge on any atom is 0.00981 e. The van der Waals surface area contributed by atoms with E-state index in [1.165, 1.54) is 64.6 Å². The van der Waals surface area contributed by atoms with Gasteiger partial charge in [-0.05, 0) is 70.9 Å². The molecule has 1 aliphatic heterocycles. The molecule has 0 radical (unpaired) electrons. The summed E-state index contributed by atoms with van der Waals surface area (Å²) in [6.07, 6.45) is 9.98. The van der Waals surface area contributed by atoms with E-state index in [-0.39, 0.29) is 0 Å². The normalized spacial score (nSPS) is 30.8. The Morgan fingerprint density at radius 2 is 1.74 bits per heavy atom. The van der Waals surface area contributed by atoms with Gasteiger partial charge in [-0.1, -0.05) is 19.8 Å². The van der Waals surface area contributed by atoms with E-state index in [2.05, 4.69) is 31.0 Å². The van der Waals surface area contributed by atoms with Crippen molar-refractivity contribution in [1.82, 2.24) is 10.2 Å². The van der Waals surface area contributed by atoms with E-state index in [4.69, 9.17) is 0 Å². The Bertz CT molecular complexity index is 246. The first-order chi connectivity index (χ1) is 9.16. The molecule has 0 aromatic carbocycles. The predicted octanol–water partition coefficient (Wildman–Crippen LogP) is 3.67. The highest BCUT2D eigenvalue weighted by Crippen LogP contribution is 2.28. The lowest BCUT2D eigenvalue weighted by atomic mass is 9.95. The Morgan fingerprint density at radius 1 is 1.00 bits per heavy atom. The molecule has 2 atom stereocenters. The van der Waals surface area contributed by atoms with Crippen LogP contribution in [0, 0.1) is 11.8 Å². The number of hydrogen-bond donors (Lipinski definition) is 1. The van der Waals surface area contributed by atoms with Crippen molar-refractivity contribution < 1.29 is 0 Å². The van der Waals surface area contributed by atoms with Crippen molar-refractivity contribution in [2.75, 3.05) is 19.6 Å². The average Bonchev–Trinajstić information content (AvgIpc) is 2.62. The summed E-state index contributed by atoms with van der Waals surface area (Å²) in [5.41, 5.74) is 0. The van der Waals surface area contributed by atoms with E-state index in [1.54, 1.807) is 0 Å². The Labute approximate surface area is 120 Å². The van der Waals surface area contributed by atoms with Gasteiger partial charge in [-0.2, -0.15) is 0 Å². The molecule has 1 saturated heterocycles. The van der Waals surface area contributed by atoms with Crippen LogP contribution in [0.3, 0.4) is 0 Å². The van der Waals surface area contributed by atoms with Crippen molar-refractivity contribution in [3.05, 3.63) is 0 Å². The van der Waals surface area contributed by atoms with Gasteiger partial charge < -0.3 is 5.32 Å². The molecule has 0 aromatic heterocycles. The molecule has 2 fully saturated rings. The van der Waals surface area contributed by atoms with Gasteiger partial charge in [0.05, 0.1) is 0 Å². The molecule has 1 aliphatic carbocycles. The molecule has 2 nitrogen and oxygen atoms in total. The first kappa shape index (κ1) is 15.3. The van der Waals surface area contributed by atoms with Crippen LogP contribution in [0.25, 0.3) is 0 Å². The highest BCUT2D eigenvalue weighted by Gasteiger charge is 2.26. The fourth-order valence-corrected chi connectivity index (χ4v) is 3.94.